The van der Waals surface area contributed by atoms with Crippen LogP contribution in [0.5, 0.6) is 0 Å². The van der Waals surface area contributed by atoms with Gasteiger partial charge in [0.05, 0.1) is 6.33 Å². The molecule has 0 aliphatic carbocycles. The highest BCUT2D eigenvalue weighted by Gasteiger charge is 2.24. The number of imidazole rings is 1. The highest BCUT2D eigenvalue weighted by Crippen LogP contribution is 2.16. The van der Waals surface area contributed by atoms with E-state index in [2.05, 4.69) is 9.71 Å². The van der Waals surface area contributed by atoms with E-state index in [9.17, 15) is 8.42 Å². The van der Waals surface area contributed by atoms with Gasteiger partial charge in [-0.15, -0.1) is 0 Å². The molecule has 3 N–H and O–H groups in total. The van der Waals surface area contributed by atoms with Crippen LogP contribution in [0.25, 0.3) is 0 Å². The first-order valence-corrected chi connectivity index (χ1v) is 7.71. The molecule has 0 saturated carbocycles. The van der Waals surface area contributed by atoms with Gasteiger partial charge >= 0.3 is 0 Å². The number of nitrogens with two attached hydrogens (primary N) is 1. The van der Waals surface area contributed by atoms with E-state index in [0.29, 0.717) is 6.42 Å². The Balaban J connectivity index is 2.13. The Morgan fingerprint density at radius 3 is 2.55 bits per heavy atom. The lowest BCUT2D eigenvalue weighted by molar-refractivity contribution is 0.551. The summed E-state index contributed by atoms with van der Waals surface area (Å²) in [5.74, 6) is 0.00640. The van der Waals surface area contributed by atoms with Crippen molar-refractivity contribution in [3.8, 4) is 0 Å². The van der Waals surface area contributed by atoms with Gasteiger partial charge in [-0.1, -0.05) is 30.3 Å². The minimum Gasteiger partial charge on any atom is -0.381 e. The van der Waals surface area contributed by atoms with Crippen LogP contribution in [-0.2, 0) is 23.5 Å². The van der Waals surface area contributed by atoms with E-state index in [1.54, 1.807) is 7.05 Å². The van der Waals surface area contributed by atoms with Crippen LogP contribution in [0, 0.1) is 0 Å². The summed E-state index contributed by atoms with van der Waals surface area (Å²) in [4.78, 5) is 3.80. The first-order valence-electron chi connectivity index (χ1n) is 6.23. The number of aromatic nitrogens is 2. The van der Waals surface area contributed by atoms with Crippen LogP contribution >= 0.6 is 0 Å². The van der Waals surface area contributed by atoms with E-state index >= 15 is 0 Å². The number of benzene rings is 1. The summed E-state index contributed by atoms with van der Waals surface area (Å²) in [5.41, 5.74) is 6.67. The van der Waals surface area contributed by atoms with Crippen LogP contribution in [0.4, 0.5) is 5.82 Å². The summed E-state index contributed by atoms with van der Waals surface area (Å²) < 4.78 is 28.6. The molecule has 0 radical (unpaired) electrons. The van der Waals surface area contributed by atoms with Crippen LogP contribution in [0.1, 0.15) is 12.5 Å². The van der Waals surface area contributed by atoms with E-state index in [-0.39, 0.29) is 16.9 Å². The molecule has 0 spiro atoms. The smallest absolute Gasteiger partial charge is 0.260 e. The lowest BCUT2D eigenvalue weighted by Crippen LogP contribution is -2.35. The molecule has 0 fully saturated rings. The van der Waals surface area contributed by atoms with Gasteiger partial charge in [0.2, 0.25) is 0 Å². The number of hydrogen-bond donors (Lipinski definition) is 2. The number of hydrogen-bond acceptors (Lipinski definition) is 4. The quantitative estimate of drug-likeness (QED) is 0.857. The number of aryl methyl sites for hydroxylation is 1. The van der Waals surface area contributed by atoms with E-state index < -0.39 is 10.0 Å². The van der Waals surface area contributed by atoms with Crippen LogP contribution in [0.15, 0.2) is 41.7 Å². The molecule has 0 bridgehead atoms. The first kappa shape index (κ1) is 14.5. The molecule has 1 atom stereocenters. The molecule has 1 aromatic carbocycles. The topological polar surface area (TPSA) is 90.0 Å². The van der Waals surface area contributed by atoms with Crippen molar-refractivity contribution in [3.05, 3.63) is 42.2 Å². The third kappa shape index (κ3) is 3.17. The summed E-state index contributed by atoms with van der Waals surface area (Å²) >= 11 is 0. The minimum absolute atomic E-state index is 0.00240. The normalized spacial score (nSPS) is 13.3. The van der Waals surface area contributed by atoms with Crippen molar-refractivity contribution in [3.63, 3.8) is 0 Å². The lowest BCUT2D eigenvalue weighted by Gasteiger charge is -2.14. The monoisotopic (exact) mass is 294 g/mol. The fourth-order valence-electron chi connectivity index (χ4n) is 2.09. The number of nitrogen functional groups attached to an aromatic ring is 1. The standard InChI is InChI=1S/C13H18N4O2S/c1-10(8-11-6-4-3-5-7-11)16-20(18,19)13-12(14)15-9-17(13)2/h3-7,9-10,16H,8,14H2,1-2H3. The molecule has 108 valence electrons. The molecule has 1 aromatic heterocycles. The number of rotatable bonds is 5. The van der Waals surface area contributed by atoms with Crippen molar-refractivity contribution in [1.82, 2.24) is 14.3 Å². The van der Waals surface area contributed by atoms with Gasteiger partial charge in [0, 0.05) is 13.1 Å². The van der Waals surface area contributed by atoms with Crippen molar-refractivity contribution < 1.29 is 8.42 Å². The zero-order chi connectivity index (χ0) is 14.8. The zero-order valence-electron chi connectivity index (χ0n) is 11.4. The van der Waals surface area contributed by atoms with E-state index in [0.717, 1.165) is 5.56 Å². The van der Waals surface area contributed by atoms with Crippen LogP contribution in [0.2, 0.25) is 0 Å². The number of anilines is 1. The summed E-state index contributed by atoms with van der Waals surface area (Å²) in [6, 6.07) is 9.46. The fourth-order valence-corrected chi connectivity index (χ4v) is 3.57. The van der Waals surface area contributed by atoms with Gasteiger partial charge in [0.15, 0.2) is 10.8 Å². The Hall–Kier alpha value is -1.86. The van der Waals surface area contributed by atoms with Gasteiger partial charge in [-0.05, 0) is 18.9 Å². The van der Waals surface area contributed by atoms with Crippen molar-refractivity contribution in [2.24, 2.45) is 7.05 Å². The molecule has 2 aromatic rings. The molecule has 0 saturated heterocycles. The van der Waals surface area contributed by atoms with Gasteiger partial charge in [0.1, 0.15) is 0 Å². The van der Waals surface area contributed by atoms with E-state index in [1.165, 1.54) is 10.9 Å². The highest BCUT2D eigenvalue weighted by atomic mass is 32.2. The number of nitrogens with zero attached hydrogens (tertiary/aromatic N) is 2. The second-order valence-corrected chi connectivity index (χ2v) is 6.39. The Morgan fingerprint density at radius 1 is 1.35 bits per heavy atom. The maximum Gasteiger partial charge on any atom is 0.260 e. The third-order valence-electron chi connectivity index (χ3n) is 2.91. The molecular formula is C13H18N4O2S. The second-order valence-electron chi connectivity index (χ2n) is 4.76. The average Bonchev–Trinajstić information content (AvgIpc) is 2.70. The summed E-state index contributed by atoms with van der Waals surface area (Å²) in [6.07, 6.45) is 1.99. The lowest BCUT2D eigenvalue weighted by atomic mass is 10.1. The molecular weight excluding hydrogens is 276 g/mol. The molecule has 1 heterocycles. The molecule has 20 heavy (non-hydrogen) atoms. The molecule has 0 aliphatic heterocycles. The Kier molecular flexibility index (Phi) is 4.10. The molecule has 6 nitrogen and oxygen atoms in total. The van der Waals surface area contributed by atoms with Crippen molar-refractivity contribution in [2.75, 3.05) is 5.73 Å². The van der Waals surface area contributed by atoms with Crippen LogP contribution < -0.4 is 10.5 Å². The predicted octanol–water partition coefficient (Wildman–Crippen LogP) is 0.912. The van der Waals surface area contributed by atoms with Gasteiger partial charge in [-0.3, -0.25) is 0 Å². The molecule has 7 heteroatoms. The van der Waals surface area contributed by atoms with Gasteiger partial charge in [-0.25, -0.2) is 18.1 Å². The summed E-state index contributed by atoms with van der Waals surface area (Å²) in [5, 5.41) is -0.00240. The highest BCUT2D eigenvalue weighted by molar-refractivity contribution is 7.89. The third-order valence-corrected chi connectivity index (χ3v) is 4.62. The van der Waals surface area contributed by atoms with Crippen molar-refractivity contribution in [1.29, 1.82) is 0 Å². The van der Waals surface area contributed by atoms with E-state index in [4.69, 9.17) is 5.73 Å². The van der Waals surface area contributed by atoms with E-state index in [1.807, 2.05) is 37.3 Å². The van der Waals surface area contributed by atoms with Gasteiger partial charge < -0.3 is 10.3 Å². The van der Waals surface area contributed by atoms with Gasteiger partial charge in [-0.2, -0.15) is 0 Å². The maximum absolute atomic E-state index is 12.3. The fraction of sp³-hybridized carbons (Fsp3) is 0.308. The molecule has 2 rings (SSSR count). The predicted molar refractivity (Wildman–Crippen MR) is 77.5 cm³/mol. The molecule has 0 aliphatic rings. The largest absolute Gasteiger partial charge is 0.381 e. The van der Waals surface area contributed by atoms with Crippen LogP contribution in [-0.4, -0.2) is 24.0 Å². The minimum atomic E-state index is -3.67. The Labute approximate surface area is 118 Å². The maximum atomic E-state index is 12.3. The summed E-state index contributed by atoms with van der Waals surface area (Å²) in [7, 11) is -2.08. The Bertz CT molecular complexity index is 660. The Morgan fingerprint density at radius 2 is 2.00 bits per heavy atom. The zero-order valence-corrected chi connectivity index (χ0v) is 12.3. The number of sulfonamides is 1. The first-order chi connectivity index (χ1) is 9.40. The van der Waals surface area contributed by atoms with Crippen LogP contribution in [0.3, 0.4) is 0 Å². The molecule has 0 amide bonds. The second kappa shape index (κ2) is 5.64. The molecule has 1 unspecified atom stereocenters. The van der Waals surface area contributed by atoms with Crippen molar-refractivity contribution in [2.45, 2.75) is 24.4 Å². The summed E-state index contributed by atoms with van der Waals surface area (Å²) in [6.45, 7) is 1.82. The number of nitrogens with one attached hydrogen (secondary N) is 1. The average molecular weight is 294 g/mol. The van der Waals surface area contributed by atoms with Crippen molar-refractivity contribution >= 4 is 15.8 Å². The van der Waals surface area contributed by atoms with Gasteiger partial charge in [0.25, 0.3) is 10.0 Å². The SMILES string of the molecule is CC(Cc1ccccc1)NS(=O)(=O)c1c(N)ncn1C.